The average Bonchev–Trinajstić information content (AvgIpc) is 3.13. The first-order valence-corrected chi connectivity index (χ1v) is 11.9. The van der Waals surface area contributed by atoms with Crippen LogP contribution in [0.2, 0.25) is 0 Å². The van der Waals surface area contributed by atoms with E-state index < -0.39 is 14.6 Å². The molecule has 2 N–H and O–H groups in total. The summed E-state index contributed by atoms with van der Waals surface area (Å²) in [5.41, 5.74) is 0.168. The van der Waals surface area contributed by atoms with Gasteiger partial charge in [0.2, 0.25) is 0 Å². The van der Waals surface area contributed by atoms with Crippen LogP contribution in [0.15, 0.2) is 22.5 Å². The molecule has 0 radical (unpaired) electrons. The quantitative estimate of drug-likeness (QED) is 0.569. The highest BCUT2D eigenvalue weighted by atomic mass is 32.2. The summed E-state index contributed by atoms with van der Waals surface area (Å²) in [5, 5.41) is 8.76. The van der Waals surface area contributed by atoms with Crippen LogP contribution in [0.5, 0.6) is 0 Å². The molecule has 1 heterocycles. The summed E-state index contributed by atoms with van der Waals surface area (Å²) in [6, 6.07) is 4.37. The van der Waals surface area contributed by atoms with Crippen molar-refractivity contribution in [1.29, 1.82) is 0 Å². The first kappa shape index (κ1) is 21.2. The van der Waals surface area contributed by atoms with Crippen molar-refractivity contribution in [2.75, 3.05) is 25.9 Å². The fourth-order valence-corrected chi connectivity index (χ4v) is 5.37. The van der Waals surface area contributed by atoms with Gasteiger partial charge in [-0.25, -0.2) is 8.42 Å². The van der Waals surface area contributed by atoms with Gasteiger partial charge in [-0.1, -0.05) is 25.3 Å². The van der Waals surface area contributed by atoms with Crippen molar-refractivity contribution in [3.63, 3.8) is 0 Å². The molecule has 148 valence electrons. The highest BCUT2D eigenvalue weighted by Crippen LogP contribution is 2.41. The summed E-state index contributed by atoms with van der Waals surface area (Å²) < 4.78 is 23.7. The van der Waals surface area contributed by atoms with E-state index in [1.165, 1.54) is 37.0 Å². The number of hydrogen-bond donors (Lipinski definition) is 2. The molecule has 0 bridgehead atoms. The molecular weight excluding hydrogens is 366 g/mol. The Hall–Kier alpha value is -1.08. The number of hydrogen-bond acceptors (Lipinski definition) is 4. The van der Waals surface area contributed by atoms with Crippen LogP contribution in [0.4, 0.5) is 0 Å². The largest absolute Gasteiger partial charge is 0.355 e. The van der Waals surface area contributed by atoms with E-state index in [-0.39, 0.29) is 11.2 Å². The van der Waals surface area contributed by atoms with Crippen molar-refractivity contribution >= 4 is 27.1 Å². The van der Waals surface area contributed by atoms with E-state index in [1.54, 1.807) is 27.8 Å². The van der Waals surface area contributed by atoms with E-state index in [9.17, 15) is 8.42 Å². The van der Waals surface area contributed by atoms with Crippen LogP contribution in [0.25, 0.3) is 0 Å². The minimum atomic E-state index is -3.13. The molecule has 2 rings (SSSR count). The van der Waals surface area contributed by atoms with E-state index in [1.807, 2.05) is 11.3 Å². The molecule has 0 aliphatic heterocycles. The van der Waals surface area contributed by atoms with Crippen molar-refractivity contribution in [2.24, 2.45) is 4.99 Å². The normalized spacial score (nSPS) is 18.5. The van der Waals surface area contributed by atoms with Gasteiger partial charge >= 0.3 is 0 Å². The lowest BCUT2D eigenvalue weighted by Crippen LogP contribution is -2.47. The SMILES string of the molecule is CN=C(NCCS(=O)(=O)C(C)(C)C)NCC1(c2cccs2)CCCCC1. The minimum absolute atomic E-state index is 0.104. The lowest BCUT2D eigenvalue weighted by Gasteiger charge is -2.37. The van der Waals surface area contributed by atoms with Gasteiger partial charge in [-0.05, 0) is 45.1 Å². The van der Waals surface area contributed by atoms with Gasteiger partial charge in [0.25, 0.3) is 0 Å². The van der Waals surface area contributed by atoms with Gasteiger partial charge in [0.05, 0.1) is 10.5 Å². The second kappa shape index (κ2) is 8.74. The lowest BCUT2D eigenvalue weighted by molar-refractivity contribution is 0.296. The molecule has 0 amide bonds. The van der Waals surface area contributed by atoms with Gasteiger partial charge in [-0.3, -0.25) is 4.99 Å². The Morgan fingerprint density at radius 2 is 1.92 bits per heavy atom. The van der Waals surface area contributed by atoms with Crippen molar-refractivity contribution in [3.8, 4) is 0 Å². The summed E-state index contributed by atoms with van der Waals surface area (Å²) in [4.78, 5) is 5.71. The zero-order valence-electron chi connectivity index (χ0n) is 16.5. The number of guanidine groups is 1. The fraction of sp³-hybridized carbons (Fsp3) is 0.737. The maximum atomic E-state index is 12.2. The highest BCUT2D eigenvalue weighted by Gasteiger charge is 2.35. The predicted octanol–water partition coefficient (Wildman–Crippen LogP) is 3.33. The molecule has 1 aromatic heterocycles. The monoisotopic (exact) mass is 399 g/mol. The second-order valence-electron chi connectivity index (χ2n) is 8.10. The van der Waals surface area contributed by atoms with Crippen molar-refractivity contribution in [3.05, 3.63) is 22.4 Å². The molecule has 1 saturated carbocycles. The molecule has 1 fully saturated rings. The Balaban J connectivity index is 1.93. The van der Waals surface area contributed by atoms with Gasteiger partial charge in [-0.15, -0.1) is 11.3 Å². The Bertz CT molecular complexity index is 683. The van der Waals surface area contributed by atoms with Crippen LogP contribution >= 0.6 is 11.3 Å². The van der Waals surface area contributed by atoms with E-state index in [2.05, 4.69) is 33.1 Å². The average molecular weight is 400 g/mol. The zero-order valence-corrected chi connectivity index (χ0v) is 18.1. The van der Waals surface area contributed by atoms with Crippen molar-refractivity contribution in [2.45, 2.75) is 63.0 Å². The summed E-state index contributed by atoms with van der Waals surface area (Å²) in [6.45, 7) is 6.42. The number of nitrogens with zero attached hydrogens (tertiary/aromatic N) is 1. The summed E-state index contributed by atoms with van der Waals surface area (Å²) in [5.74, 6) is 0.781. The van der Waals surface area contributed by atoms with E-state index >= 15 is 0 Å². The van der Waals surface area contributed by atoms with Crippen LogP contribution in [0, 0.1) is 0 Å². The molecule has 26 heavy (non-hydrogen) atoms. The van der Waals surface area contributed by atoms with Crippen LogP contribution in [0.1, 0.15) is 57.8 Å². The van der Waals surface area contributed by atoms with Gasteiger partial charge in [-0.2, -0.15) is 0 Å². The van der Waals surface area contributed by atoms with Crippen molar-refractivity contribution in [1.82, 2.24) is 10.6 Å². The van der Waals surface area contributed by atoms with E-state index in [0.29, 0.717) is 12.5 Å². The number of nitrogens with one attached hydrogen (secondary N) is 2. The topological polar surface area (TPSA) is 70.6 Å². The Kier molecular flexibility index (Phi) is 7.13. The Morgan fingerprint density at radius 3 is 2.46 bits per heavy atom. The Morgan fingerprint density at radius 1 is 1.23 bits per heavy atom. The first-order chi connectivity index (χ1) is 12.2. The number of sulfone groups is 1. The third-order valence-corrected chi connectivity index (χ3v) is 8.99. The van der Waals surface area contributed by atoms with Crippen LogP contribution < -0.4 is 10.6 Å². The first-order valence-electron chi connectivity index (χ1n) is 9.41. The molecule has 0 saturated heterocycles. The molecule has 1 aliphatic carbocycles. The molecule has 1 aliphatic rings. The van der Waals surface area contributed by atoms with Gasteiger partial charge in [0.1, 0.15) is 0 Å². The molecule has 1 aromatic rings. The minimum Gasteiger partial charge on any atom is -0.355 e. The summed E-state index contributed by atoms with van der Waals surface area (Å²) >= 11 is 1.83. The Labute approximate surface area is 162 Å². The molecule has 7 heteroatoms. The van der Waals surface area contributed by atoms with Gasteiger partial charge in [0, 0.05) is 30.4 Å². The zero-order chi connectivity index (χ0) is 19.3. The third-order valence-electron chi connectivity index (χ3n) is 5.27. The van der Waals surface area contributed by atoms with E-state index in [0.717, 1.165) is 6.54 Å². The van der Waals surface area contributed by atoms with Crippen LogP contribution in [0.3, 0.4) is 0 Å². The molecule has 0 unspecified atom stereocenters. The number of thiophene rings is 1. The maximum absolute atomic E-state index is 12.2. The number of rotatable bonds is 6. The van der Waals surface area contributed by atoms with Gasteiger partial charge in [0.15, 0.2) is 15.8 Å². The van der Waals surface area contributed by atoms with Gasteiger partial charge < -0.3 is 10.6 Å². The smallest absolute Gasteiger partial charge is 0.191 e. The summed E-state index contributed by atoms with van der Waals surface area (Å²) in [7, 11) is -1.40. The third kappa shape index (κ3) is 5.22. The predicted molar refractivity (Wildman–Crippen MR) is 112 cm³/mol. The highest BCUT2D eigenvalue weighted by molar-refractivity contribution is 7.92. The maximum Gasteiger partial charge on any atom is 0.191 e. The molecule has 5 nitrogen and oxygen atoms in total. The summed E-state index contributed by atoms with van der Waals surface area (Å²) in [6.07, 6.45) is 6.21. The molecule has 0 spiro atoms. The van der Waals surface area contributed by atoms with Crippen LogP contribution in [-0.2, 0) is 15.3 Å². The second-order valence-corrected chi connectivity index (χ2v) is 11.9. The van der Waals surface area contributed by atoms with Crippen LogP contribution in [-0.4, -0.2) is 45.0 Å². The number of aliphatic imine (C=N–C) groups is 1. The standard InChI is InChI=1S/C19H33N3O2S2/c1-18(2,3)26(23,24)14-12-21-17(20-4)22-15-19(10-6-5-7-11-19)16-9-8-13-25-16/h8-9,13H,5-7,10-12,14-15H2,1-4H3,(H2,20,21,22). The molecular formula is C19H33N3O2S2. The fourth-order valence-electron chi connectivity index (χ4n) is 3.40. The molecule has 0 aromatic carbocycles. The van der Waals surface area contributed by atoms with Crippen molar-refractivity contribution < 1.29 is 8.42 Å². The lowest BCUT2D eigenvalue weighted by atomic mass is 9.73. The molecule has 0 atom stereocenters. The van der Waals surface area contributed by atoms with E-state index in [4.69, 9.17) is 0 Å².